The number of benzene rings is 2. The lowest BCUT2D eigenvalue weighted by molar-refractivity contribution is 0.0925. The number of fused-ring (bicyclic) bond motifs is 1. The second kappa shape index (κ2) is 7.39. The van der Waals surface area contributed by atoms with Gasteiger partial charge in [-0.1, -0.05) is 18.2 Å². The third-order valence-corrected chi connectivity index (χ3v) is 4.15. The summed E-state index contributed by atoms with van der Waals surface area (Å²) in [5.41, 5.74) is 3.23. The van der Waals surface area contributed by atoms with E-state index in [2.05, 4.69) is 15.6 Å². The molecule has 0 aliphatic rings. The Balaban J connectivity index is 1.51. The lowest BCUT2D eigenvalue weighted by Gasteiger charge is -2.07. The van der Waals surface area contributed by atoms with Gasteiger partial charge in [0, 0.05) is 29.6 Å². The van der Waals surface area contributed by atoms with Gasteiger partial charge in [-0.25, -0.2) is 4.39 Å². The highest BCUT2D eigenvalue weighted by Crippen LogP contribution is 2.16. The van der Waals surface area contributed by atoms with Gasteiger partial charge in [0.25, 0.3) is 11.8 Å². The highest BCUT2D eigenvalue weighted by Gasteiger charge is 2.10. The molecule has 0 aliphatic heterocycles. The molecule has 3 N–H and O–H groups in total. The molecular weight excluding hydrogens is 333 g/mol. The number of aromatic amines is 1. The van der Waals surface area contributed by atoms with Gasteiger partial charge in [-0.05, 0) is 49.2 Å². The molecule has 0 saturated carbocycles. The molecule has 0 spiro atoms. The fraction of sp³-hybridized carbons (Fsp3) is 0.200. The van der Waals surface area contributed by atoms with Crippen molar-refractivity contribution < 1.29 is 14.0 Å². The molecule has 2 aromatic carbocycles. The fourth-order valence-electron chi connectivity index (χ4n) is 2.65. The summed E-state index contributed by atoms with van der Waals surface area (Å²) in [6.45, 7) is 4.15. The minimum absolute atomic E-state index is 0.241. The van der Waals surface area contributed by atoms with E-state index in [-0.39, 0.29) is 30.5 Å². The molecule has 26 heavy (non-hydrogen) atoms. The number of H-pyrrole nitrogens is 1. The Morgan fingerprint density at radius 3 is 2.42 bits per heavy atom. The van der Waals surface area contributed by atoms with Crippen LogP contribution in [0.5, 0.6) is 0 Å². The van der Waals surface area contributed by atoms with Crippen molar-refractivity contribution in [1.29, 1.82) is 0 Å². The van der Waals surface area contributed by atoms with E-state index in [0.717, 1.165) is 16.5 Å². The van der Waals surface area contributed by atoms with E-state index in [1.54, 1.807) is 25.1 Å². The van der Waals surface area contributed by atoms with Gasteiger partial charge in [0.05, 0.1) is 0 Å². The SMILES string of the molecule is Cc1ccc2cc(C(=O)NCCNC(=O)c3ccc(C)c(F)c3)[nH]c2c1. The maximum Gasteiger partial charge on any atom is 0.267 e. The maximum atomic E-state index is 13.5. The number of hydrogen-bond acceptors (Lipinski definition) is 2. The van der Waals surface area contributed by atoms with Crippen molar-refractivity contribution in [2.75, 3.05) is 13.1 Å². The lowest BCUT2D eigenvalue weighted by Crippen LogP contribution is -2.34. The van der Waals surface area contributed by atoms with E-state index in [0.29, 0.717) is 11.3 Å². The second-order valence-electron chi connectivity index (χ2n) is 6.25. The Morgan fingerprint density at radius 2 is 1.69 bits per heavy atom. The van der Waals surface area contributed by atoms with Crippen LogP contribution in [-0.4, -0.2) is 29.9 Å². The molecule has 0 radical (unpaired) electrons. The number of aryl methyl sites for hydroxylation is 2. The van der Waals surface area contributed by atoms with Crippen LogP contribution in [0.4, 0.5) is 4.39 Å². The van der Waals surface area contributed by atoms with Gasteiger partial charge >= 0.3 is 0 Å². The number of aromatic nitrogens is 1. The molecule has 0 saturated heterocycles. The summed E-state index contributed by atoms with van der Waals surface area (Å²) in [6.07, 6.45) is 0. The first kappa shape index (κ1) is 17.7. The maximum absolute atomic E-state index is 13.5. The van der Waals surface area contributed by atoms with Crippen molar-refractivity contribution in [1.82, 2.24) is 15.6 Å². The minimum Gasteiger partial charge on any atom is -0.351 e. The van der Waals surface area contributed by atoms with Crippen molar-refractivity contribution in [3.05, 3.63) is 70.7 Å². The highest BCUT2D eigenvalue weighted by atomic mass is 19.1. The Kier molecular flexibility index (Phi) is 5.02. The van der Waals surface area contributed by atoms with Crippen LogP contribution in [0.3, 0.4) is 0 Å². The van der Waals surface area contributed by atoms with Crippen LogP contribution < -0.4 is 10.6 Å². The van der Waals surface area contributed by atoms with Crippen LogP contribution in [0.25, 0.3) is 10.9 Å². The van der Waals surface area contributed by atoms with Gasteiger partial charge in [0.2, 0.25) is 0 Å². The predicted molar refractivity (Wildman–Crippen MR) is 98.8 cm³/mol. The lowest BCUT2D eigenvalue weighted by atomic mass is 10.1. The summed E-state index contributed by atoms with van der Waals surface area (Å²) in [7, 11) is 0. The molecule has 6 heteroatoms. The molecule has 3 aromatic rings. The number of carbonyl (C=O) groups excluding carboxylic acids is 2. The zero-order valence-electron chi connectivity index (χ0n) is 14.7. The van der Waals surface area contributed by atoms with Crippen molar-refractivity contribution in [2.45, 2.75) is 13.8 Å². The summed E-state index contributed by atoms with van der Waals surface area (Å²) in [4.78, 5) is 27.2. The van der Waals surface area contributed by atoms with Crippen LogP contribution in [0.15, 0.2) is 42.5 Å². The molecular formula is C20H20FN3O2. The minimum atomic E-state index is -0.417. The number of nitrogens with one attached hydrogen (secondary N) is 3. The van der Waals surface area contributed by atoms with Gasteiger partial charge in [0.15, 0.2) is 0 Å². The molecule has 0 atom stereocenters. The number of rotatable bonds is 5. The van der Waals surface area contributed by atoms with Gasteiger partial charge in [0.1, 0.15) is 11.5 Å². The number of hydrogen-bond donors (Lipinski definition) is 3. The van der Waals surface area contributed by atoms with E-state index in [1.165, 1.54) is 6.07 Å². The number of halogens is 1. The van der Waals surface area contributed by atoms with Crippen molar-refractivity contribution >= 4 is 22.7 Å². The Bertz CT molecular complexity index is 978. The fourth-order valence-corrected chi connectivity index (χ4v) is 2.65. The van der Waals surface area contributed by atoms with E-state index in [9.17, 15) is 14.0 Å². The van der Waals surface area contributed by atoms with E-state index in [4.69, 9.17) is 0 Å². The Morgan fingerprint density at radius 1 is 0.962 bits per heavy atom. The van der Waals surface area contributed by atoms with Gasteiger partial charge in [-0.3, -0.25) is 9.59 Å². The summed E-state index contributed by atoms with van der Waals surface area (Å²) < 4.78 is 13.5. The standard InChI is InChI=1S/C20H20FN3O2/c1-12-3-5-14-11-18(24-17(14)9-12)20(26)23-8-7-22-19(25)15-6-4-13(2)16(21)10-15/h3-6,9-11,24H,7-8H2,1-2H3,(H,22,25)(H,23,26). The van der Waals surface area contributed by atoms with Gasteiger partial charge in [-0.15, -0.1) is 0 Å². The molecule has 134 valence electrons. The summed E-state index contributed by atoms with van der Waals surface area (Å²) in [5.74, 6) is -1.03. The van der Waals surface area contributed by atoms with Crippen LogP contribution in [0.2, 0.25) is 0 Å². The number of carbonyl (C=O) groups is 2. The molecule has 3 rings (SSSR count). The van der Waals surface area contributed by atoms with Crippen LogP contribution >= 0.6 is 0 Å². The van der Waals surface area contributed by atoms with Crippen LogP contribution in [-0.2, 0) is 0 Å². The third-order valence-electron chi connectivity index (χ3n) is 4.15. The molecule has 1 heterocycles. The summed E-state index contributed by atoms with van der Waals surface area (Å²) in [6, 6.07) is 12.0. The average molecular weight is 353 g/mol. The van der Waals surface area contributed by atoms with E-state index < -0.39 is 5.82 Å². The molecule has 1 aromatic heterocycles. The normalized spacial score (nSPS) is 10.7. The third kappa shape index (κ3) is 3.91. The summed E-state index contributed by atoms with van der Waals surface area (Å²) in [5, 5.41) is 6.37. The first-order chi connectivity index (χ1) is 12.4. The Hall–Kier alpha value is -3.15. The Labute approximate surface area is 150 Å². The first-order valence-corrected chi connectivity index (χ1v) is 8.36. The molecule has 0 fully saturated rings. The van der Waals surface area contributed by atoms with Crippen LogP contribution in [0.1, 0.15) is 32.0 Å². The second-order valence-corrected chi connectivity index (χ2v) is 6.25. The van der Waals surface area contributed by atoms with E-state index >= 15 is 0 Å². The van der Waals surface area contributed by atoms with Crippen molar-refractivity contribution in [2.24, 2.45) is 0 Å². The van der Waals surface area contributed by atoms with E-state index in [1.807, 2.05) is 25.1 Å². The van der Waals surface area contributed by atoms with Crippen molar-refractivity contribution in [3.8, 4) is 0 Å². The molecule has 5 nitrogen and oxygen atoms in total. The largest absolute Gasteiger partial charge is 0.351 e. The topological polar surface area (TPSA) is 74.0 Å². The number of amides is 2. The van der Waals surface area contributed by atoms with Gasteiger partial charge < -0.3 is 15.6 Å². The quantitative estimate of drug-likeness (QED) is 0.617. The predicted octanol–water partition coefficient (Wildman–Crippen LogP) is 3.08. The zero-order valence-corrected chi connectivity index (χ0v) is 14.7. The summed E-state index contributed by atoms with van der Waals surface area (Å²) >= 11 is 0. The highest BCUT2D eigenvalue weighted by molar-refractivity contribution is 5.98. The smallest absolute Gasteiger partial charge is 0.267 e. The average Bonchev–Trinajstić information content (AvgIpc) is 3.03. The monoisotopic (exact) mass is 353 g/mol. The molecule has 0 aliphatic carbocycles. The molecule has 0 unspecified atom stereocenters. The zero-order chi connectivity index (χ0) is 18.7. The van der Waals surface area contributed by atoms with Gasteiger partial charge in [-0.2, -0.15) is 0 Å². The van der Waals surface area contributed by atoms with Crippen molar-refractivity contribution in [3.63, 3.8) is 0 Å². The van der Waals surface area contributed by atoms with Crippen LogP contribution in [0, 0.1) is 19.7 Å². The first-order valence-electron chi connectivity index (χ1n) is 8.36. The molecule has 0 bridgehead atoms. The molecule has 2 amide bonds.